The lowest BCUT2D eigenvalue weighted by Gasteiger charge is -2.12. The average Bonchev–Trinajstić information content (AvgIpc) is 3.32. The predicted octanol–water partition coefficient (Wildman–Crippen LogP) is 9.77. The number of urea groups is 1. The van der Waals surface area contributed by atoms with E-state index < -0.39 is 0 Å². The second-order valence-electron chi connectivity index (χ2n) is 10.3. The van der Waals surface area contributed by atoms with E-state index >= 15 is 0 Å². The quantitative estimate of drug-likeness (QED) is 0.118. The van der Waals surface area contributed by atoms with E-state index in [1.54, 1.807) is 23.5 Å². The zero-order valence-corrected chi connectivity index (χ0v) is 25.2. The molecule has 0 radical (unpaired) electrons. The van der Waals surface area contributed by atoms with Crippen LogP contribution in [0.5, 0.6) is 5.75 Å². The molecule has 0 saturated carbocycles. The summed E-state index contributed by atoms with van der Waals surface area (Å²) >= 11 is 8.14. The van der Waals surface area contributed by atoms with Crippen LogP contribution >= 0.6 is 22.9 Å². The number of rotatable bonds is 18. The maximum atomic E-state index is 12.6. The number of halogens is 1. The first-order valence-corrected chi connectivity index (χ1v) is 15.8. The summed E-state index contributed by atoms with van der Waals surface area (Å²) in [5.41, 5.74) is 4.49. The lowest BCUT2D eigenvalue weighted by atomic mass is 10.1. The van der Waals surface area contributed by atoms with Gasteiger partial charge in [0.2, 0.25) is 5.51 Å². The smallest absolute Gasteiger partial charge is 0.323 e. The zero-order chi connectivity index (χ0) is 27.7. The van der Waals surface area contributed by atoms with Crippen LogP contribution in [0.1, 0.15) is 94.4 Å². The molecule has 0 spiro atoms. The number of benzene rings is 2. The highest BCUT2D eigenvalue weighted by Gasteiger charge is 2.10. The van der Waals surface area contributed by atoms with Gasteiger partial charge in [-0.3, -0.25) is 0 Å². The van der Waals surface area contributed by atoms with Gasteiger partial charge in [-0.15, -0.1) is 0 Å². The van der Waals surface area contributed by atoms with Crippen molar-refractivity contribution in [1.82, 2.24) is 0 Å². The molecule has 0 aliphatic carbocycles. The summed E-state index contributed by atoms with van der Waals surface area (Å²) in [4.78, 5) is 13.9. The summed E-state index contributed by atoms with van der Waals surface area (Å²) in [6.45, 7) is 5.80. The number of nitrogens with one attached hydrogen (secondary N) is 2. The van der Waals surface area contributed by atoms with Gasteiger partial charge in [-0.2, -0.15) is 4.57 Å². The first-order chi connectivity index (χ1) is 19.0. The standard InChI is InChI=1S/C32H44ClN3O2S/c1-3-4-5-6-7-8-9-10-11-12-13-14-20-38-29-18-19-31(30(33)22-29)35-32(37)34-28-17-15-16-27(21-28)24-36-23-26(2)39-25-36/h15-19,21-23,25H,3-14,20,24H2,1-2H3,(H-,34,35,37)/p+1. The van der Waals surface area contributed by atoms with E-state index in [1.807, 2.05) is 24.3 Å². The molecule has 1 aromatic heterocycles. The molecule has 0 unspecified atom stereocenters. The minimum Gasteiger partial charge on any atom is -0.494 e. The number of unbranched alkanes of at least 4 members (excludes halogenated alkanes) is 11. The molecule has 3 rings (SSSR count). The second kappa shape index (κ2) is 17.9. The van der Waals surface area contributed by atoms with Crippen LogP contribution in [0.3, 0.4) is 0 Å². The fourth-order valence-electron chi connectivity index (χ4n) is 4.59. The highest BCUT2D eigenvalue weighted by atomic mass is 35.5. The molecule has 2 amide bonds. The Morgan fingerprint density at radius 3 is 2.23 bits per heavy atom. The Balaban J connectivity index is 1.30. The van der Waals surface area contributed by atoms with Crippen LogP contribution in [0.15, 0.2) is 54.2 Å². The molecule has 0 saturated heterocycles. The first kappa shape index (κ1) is 31.0. The third-order valence-corrected chi connectivity index (χ3v) is 7.89. The van der Waals surface area contributed by atoms with Gasteiger partial charge in [0, 0.05) is 17.3 Å². The molecule has 0 fully saturated rings. The molecule has 0 atom stereocenters. The van der Waals surface area contributed by atoms with E-state index in [0.717, 1.165) is 30.0 Å². The van der Waals surface area contributed by atoms with E-state index in [-0.39, 0.29) is 6.03 Å². The maximum Gasteiger partial charge on any atom is 0.323 e. The van der Waals surface area contributed by atoms with Gasteiger partial charge >= 0.3 is 6.03 Å². The number of carbonyl (C=O) groups is 1. The predicted molar refractivity (Wildman–Crippen MR) is 165 cm³/mol. The molecule has 0 aliphatic heterocycles. The number of aryl methyl sites for hydroxylation is 1. The Morgan fingerprint density at radius 2 is 1.59 bits per heavy atom. The lowest BCUT2D eigenvalue weighted by molar-refractivity contribution is -0.683. The maximum absolute atomic E-state index is 12.6. The van der Waals surface area contributed by atoms with Gasteiger partial charge in [0.05, 0.1) is 22.2 Å². The number of thiazole rings is 1. The van der Waals surface area contributed by atoms with Gasteiger partial charge in [-0.05, 0) is 37.6 Å². The van der Waals surface area contributed by atoms with Crippen LogP contribution in [-0.2, 0) is 6.54 Å². The van der Waals surface area contributed by atoms with Crippen LogP contribution < -0.4 is 19.9 Å². The number of aromatic nitrogens is 1. The molecular formula is C32H45ClN3O2S+. The van der Waals surface area contributed by atoms with Gasteiger partial charge in [0.1, 0.15) is 5.75 Å². The van der Waals surface area contributed by atoms with Crippen LogP contribution in [0.2, 0.25) is 5.02 Å². The van der Waals surface area contributed by atoms with Crippen molar-refractivity contribution < 1.29 is 14.1 Å². The minimum atomic E-state index is -0.335. The lowest BCUT2D eigenvalue weighted by Crippen LogP contribution is -2.30. The second-order valence-corrected chi connectivity index (χ2v) is 11.8. The Kier molecular flexibility index (Phi) is 14.2. The van der Waals surface area contributed by atoms with Crippen molar-refractivity contribution in [2.24, 2.45) is 0 Å². The summed E-state index contributed by atoms with van der Waals surface area (Å²) in [5, 5.41) is 6.19. The zero-order valence-electron chi connectivity index (χ0n) is 23.6. The van der Waals surface area contributed by atoms with Gasteiger partial charge in [-0.25, -0.2) is 4.79 Å². The molecule has 7 heteroatoms. The van der Waals surface area contributed by atoms with Crippen LogP contribution in [0.25, 0.3) is 0 Å². The van der Waals surface area contributed by atoms with E-state index in [1.165, 1.54) is 75.5 Å². The molecule has 3 aromatic rings. The topological polar surface area (TPSA) is 54.2 Å². The third kappa shape index (κ3) is 12.4. The van der Waals surface area contributed by atoms with Crippen LogP contribution in [0.4, 0.5) is 16.2 Å². The van der Waals surface area contributed by atoms with E-state index in [9.17, 15) is 4.79 Å². The van der Waals surface area contributed by atoms with Crippen molar-refractivity contribution in [3.63, 3.8) is 0 Å². The van der Waals surface area contributed by atoms with Crippen molar-refractivity contribution >= 4 is 40.3 Å². The number of amides is 2. The molecular weight excluding hydrogens is 526 g/mol. The third-order valence-electron chi connectivity index (χ3n) is 6.73. The monoisotopic (exact) mass is 570 g/mol. The van der Waals surface area contributed by atoms with E-state index in [0.29, 0.717) is 17.3 Å². The van der Waals surface area contributed by atoms with Crippen molar-refractivity contribution in [1.29, 1.82) is 0 Å². The number of anilines is 2. The van der Waals surface area contributed by atoms with Crippen molar-refractivity contribution in [2.75, 3.05) is 17.2 Å². The first-order valence-electron chi connectivity index (χ1n) is 14.6. The van der Waals surface area contributed by atoms with E-state index in [2.05, 4.69) is 46.8 Å². The summed E-state index contributed by atoms with van der Waals surface area (Å²) in [5.74, 6) is 0.725. The van der Waals surface area contributed by atoms with Crippen LogP contribution in [0, 0.1) is 6.92 Å². The Labute approximate surface area is 243 Å². The number of nitrogens with zero attached hydrogens (tertiary/aromatic N) is 1. The Hall–Kier alpha value is -2.57. The van der Waals surface area contributed by atoms with Gasteiger partial charge < -0.3 is 15.4 Å². The number of hydrogen-bond donors (Lipinski definition) is 2. The minimum absolute atomic E-state index is 0.335. The van der Waals surface area contributed by atoms with Gasteiger partial charge in [0.25, 0.3) is 0 Å². The molecule has 5 nitrogen and oxygen atoms in total. The molecule has 2 aromatic carbocycles. The molecule has 0 bridgehead atoms. The SMILES string of the molecule is CCCCCCCCCCCCCCOc1ccc(NC(=O)Nc2cccc(C[n+]3csc(C)c3)c2)c(Cl)c1. The summed E-state index contributed by atoms with van der Waals surface area (Å²) in [7, 11) is 0. The largest absolute Gasteiger partial charge is 0.494 e. The van der Waals surface area contributed by atoms with Crippen LogP contribution in [-0.4, -0.2) is 12.6 Å². The fourth-order valence-corrected chi connectivity index (χ4v) is 5.44. The highest BCUT2D eigenvalue weighted by Crippen LogP contribution is 2.27. The molecule has 0 aliphatic rings. The highest BCUT2D eigenvalue weighted by molar-refractivity contribution is 7.09. The van der Waals surface area contributed by atoms with Gasteiger partial charge in [0.15, 0.2) is 12.7 Å². The molecule has 212 valence electrons. The van der Waals surface area contributed by atoms with Crippen molar-refractivity contribution in [3.8, 4) is 5.75 Å². The number of ether oxygens (including phenoxy) is 1. The van der Waals surface area contributed by atoms with E-state index in [4.69, 9.17) is 16.3 Å². The normalized spacial score (nSPS) is 10.9. The van der Waals surface area contributed by atoms with Crippen molar-refractivity contribution in [3.05, 3.63) is 69.6 Å². The fraction of sp³-hybridized carbons (Fsp3) is 0.500. The summed E-state index contributed by atoms with van der Waals surface area (Å²) in [6, 6.07) is 12.9. The molecule has 2 N–H and O–H groups in total. The summed E-state index contributed by atoms with van der Waals surface area (Å²) < 4.78 is 8.02. The average molecular weight is 571 g/mol. The Morgan fingerprint density at radius 1 is 0.897 bits per heavy atom. The molecule has 1 heterocycles. The summed E-state index contributed by atoms with van der Waals surface area (Å²) in [6.07, 6.45) is 18.0. The van der Waals surface area contributed by atoms with Crippen molar-refractivity contribution in [2.45, 2.75) is 97.4 Å². The number of hydrogen-bond acceptors (Lipinski definition) is 3. The van der Waals surface area contributed by atoms with Gasteiger partial charge in [-0.1, -0.05) is 113 Å². The number of carbonyl (C=O) groups excluding carboxylic acids is 1. The Bertz CT molecular complexity index is 1130. The molecule has 39 heavy (non-hydrogen) atoms.